The van der Waals surface area contributed by atoms with Crippen molar-refractivity contribution in [3.8, 4) is 0 Å². The van der Waals surface area contributed by atoms with Gasteiger partial charge < -0.3 is 0 Å². The van der Waals surface area contributed by atoms with E-state index in [0.29, 0.717) is 11.5 Å². The molecule has 15 heavy (non-hydrogen) atoms. The Balaban J connectivity index is 2.08. The molecule has 0 N–H and O–H groups in total. The molecule has 1 saturated carbocycles. The van der Waals surface area contributed by atoms with Crippen LogP contribution in [0.5, 0.6) is 0 Å². The first kappa shape index (κ1) is 8.59. The monoisotopic (exact) mass is 201 g/mol. The Morgan fingerprint density at radius 2 is 2.33 bits per heavy atom. The number of hydrogen-bond acceptors (Lipinski definition) is 3. The molecule has 1 aliphatic rings. The maximum atomic E-state index is 10.6. The zero-order chi connectivity index (χ0) is 10.3. The van der Waals surface area contributed by atoms with Crippen LogP contribution in [0.1, 0.15) is 41.2 Å². The smallest absolute Gasteiger partial charge is 0.155 e. The van der Waals surface area contributed by atoms with Gasteiger partial charge in [0.05, 0.1) is 11.3 Å². The van der Waals surface area contributed by atoms with Crippen molar-refractivity contribution in [3.63, 3.8) is 0 Å². The topological polar surface area (TPSA) is 47.3 Å². The Kier molecular flexibility index (Phi) is 1.80. The van der Waals surface area contributed by atoms with Crippen LogP contribution in [0.4, 0.5) is 0 Å². The Morgan fingerprint density at radius 3 is 3.00 bits per heavy atom. The number of nitrogens with zero attached hydrogens (tertiary/aromatic N) is 3. The van der Waals surface area contributed by atoms with Gasteiger partial charge >= 0.3 is 0 Å². The van der Waals surface area contributed by atoms with Gasteiger partial charge in [0.25, 0.3) is 0 Å². The van der Waals surface area contributed by atoms with Gasteiger partial charge in [-0.15, -0.1) is 0 Å². The molecule has 0 atom stereocenters. The van der Waals surface area contributed by atoms with E-state index in [1.54, 1.807) is 16.9 Å². The summed E-state index contributed by atoms with van der Waals surface area (Å²) in [6.45, 7) is 0. The van der Waals surface area contributed by atoms with Crippen LogP contribution in [0.15, 0.2) is 18.5 Å². The van der Waals surface area contributed by atoms with Crippen molar-refractivity contribution in [1.82, 2.24) is 14.6 Å². The van der Waals surface area contributed by atoms with Crippen molar-refractivity contribution in [2.75, 3.05) is 0 Å². The van der Waals surface area contributed by atoms with Crippen LogP contribution in [0, 0.1) is 0 Å². The van der Waals surface area contributed by atoms with E-state index < -0.39 is 0 Å². The summed E-state index contributed by atoms with van der Waals surface area (Å²) >= 11 is 0. The molecule has 0 bridgehead atoms. The van der Waals surface area contributed by atoms with Crippen LogP contribution < -0.4 is 0 Å². The maximum absolute atomic E-state index is 10.6. The predicted molar refractivity (Wildman–Crippen MR) is 55.0 cm³/mol. The molecule has 0 saturated heterocycles. The highest BCUT2D eigenvalue weighted by atomic mass is 16.1. The van der Waals surface area contributed by atoms with Crippen molar-refractivity contribution < 1.29 is 4.79 Å². The summed E-state index contributed by atoms with van der Waals surface area (Å²) in [6.07, 6.45) is 7.84. The summed E-state index contributed by atoms with van der Waals surface area (Å²) in [7, 11) is 0. The van der Waals surface area contributed by atoms with Gasteiger partial charge in [-0.2, -0.15) is 5.10 Å². The highest BCUT2D eigenvalue weighted by Gasteiger charge is 2.22. The minimum Gasteiger partial charge on any atom is -0.298 e. The van der Waals surface area contributed by atoms with Crippen molar-refractivity contribution >= 4 is 11.9 Å². The average Bonchev–Trinajstić information content (AvgIpc) is 2.56. The summed E-state index contributed by atoms with van der Waals surface area (Å²) in [4.78, 5) is 14.8. The normalized spacial score (nSPS) is 16.5. The molecule has 4 nitrogen and oxygen atoms in total. The van der Waals surface area contributed by atoms with E-state index in [9.17, 15) is 4.79 Å². The Bertz CT molecular complexity index is 514. The van der Waals surface area contributed by atoms with E-state index in [2.05, 4.69) is 10.1 Å². The van der Waals surface area contributed by atoms with Crippen molar-refractivity contribution in [1.29, 1.82) is 0 Å². The fraction of sp³-hybridized carbons (Fsp3) is 0.364. The molecule has 3 rings (SSSR count). The van der Waals surface area contributed by atoms with Gasteiger partial charge in [-0.05, 0) is 12.8 Å². The molecule has 1 aliphatic carbocycles. The van der Waals surface area contributed by atoms with Crippen LogP contribution >= 0.6 is 0 Å². The lowest BCUT2D eigenvalue weighted by atomic mass is 9.83. The molecular formula is C11H11N3O. The van der Waals surface area contributed by atoms with Gasteiger partial charge in [-0.1, -0.05) is 6.42 Å². The molecule has 76 valence electrons. The summed E-state index contributed by atoms with van der Waals surface area (Å²) in [5.74, 6) is 0.603. The fourth-order valence-electron chi connectivity index (χ4n) is 1.87. The second kappa shape index (κ2) is 3.15. The van der Waals surface area contributed by atoms with Gasteiger partial charge in [0.1, 0.15) is 0 Å². The van der Waals surface area contributed by atoms with Crippen molar-refractivity contribution in [3.05, 3.63) is 29.7 Å². The fourth-order valence-corrected chi connectivity index (χ4v) is 1.87. The zero-order valence-electron chi connectivity index (χ0n) is 8.26. The SMILES string of the molecule is O=Cc1cnc2cc(C3CCC3)nn2c1. The quantitative estimate of drug-likeness (QED) is 0.696. The molecule has 2 aromatic heterocycles. The third kappa shape index (κ3) is 1.33. The summed E-state index contributed by atoms with van der Waals surface area (Å²) in [6, 6.07) is 2.01. The van der Waals surface area contributed by atoms with Gasteiger partial charge in [-0.25, -0.2) is 9.50 Å². The van der Waals surface area contributed by atoms with Crippen LogP contribution in [-0.2, 0) is 0 Å². The van der Waals surface area contributed by atoms with Crippen molar-refractivity contribution in [2.45, 2.75) is 25.2 Å². The number of aromatic nitrogens is 3. The summed E-state index contributed by atoms with van der Waals surface area (Å²) < 4.78 is 1.69. The maximum Gasteiger partial charge on any atom is 0.155 e. The van der Waals surface area contributed by atoms with E-state index in [-0.39, 0.29) is 0 Å². The van der Waals surface area contributed by atoms with Crippen LogP contribution in [0.25, 0.3) is 5.65 Å². The molecule has 0 aromatic carbocycles. The Labute approximate surface area is 86.9 Å². The van der Waals surface area contributed by atoms with Crippen molar-refractivity contribution in [2.24, 2.45) is 0 Å². The molecule has 0 amide bonds. The third-order valence-electron chi connectivity index (χ3n) is 3.01. The number of hydrogen-bond donors (Lipinski definition) is 0. The summed E-state index contributed by atoms with van der Waals surface area (Å²) in [5, 5.41) is 4.44. The number of rotatable bonds is 2. The molecule has 4 heteroatoms. The van der Waals surface area contributed by atoms with Crippen LogP contribution in [0.2, 0.25) is 0 Å². The van der Waals surface area contributed by atoms with Gasteiger partial charge in [0, 0.05) is 24.4 Å². The lowest BCUT2D eigenvalue weighted by Gasteiger charge is -2.22. The van der Waals surface area contributed by atoms with E-state index in [4.69, 9.17) is 0 Å². The van der Waals surface area contributed by atoms with E-state index in [0.717, 1.165) is 17.6 Å². The molecule has 2 heterocycles. The minimum absolute atomic E-state index is 0.561. The van der Waals surface area contributed by atoms with E-state index in [1.807, 2.05) is 6.07 Å². The summed E-state index contributed by atoms with van der Waals surface area (Å²) in [5.41, 5.74) is 2.49. The average molecular weight is 201 g/mol. The van der Waals surface area contributed by atoms with Gasteiger partial charge in [0.15, 0.2) is 11.9 Å². The molecular weight excluding hydrogens is 190 g/mol. The molecule has 1 fully saturated rings. The van der Waals surface area contributed by atoms with E-state index >= 15 is 0 Å². The van der Waals surface area contributed by atoms with Gasteiger partial charge in [0.2, 0.25) is 0 Å². The second-order valence-electron chi connectivity index (χ2n) is 4.00. The molecule has 0 aliphatic heterocycles. The molecule has 0 unspecified atom stereocenters. The van der Waals surface area contributed by atoms with E-state index in [1.165, 1.54) is 19.3 Å². The number of carbonyl (C=O) groups is 1. The molecule has 2 aromatic rings. The minimum atomic E-state index is 0.561. The molecule has 0 spiro atoms. The largest absolute Gasteiger partial charge is 0.298 e. The first-order chi connectivity index (χ1) is 7.36. The first-order valence-electron chi connectivity index (χ1n) is 5.17. The third-order valence-corrected chi connectivity index (χ3v) is 3.01. The number of aldehydes is 1. The lowest BCUT2D eigenvalue weighted by molar-refractivity contribution is 0.112. The van der Waals surface area contributed by atoms with Gasteiger partial charge in [-0.3, -0.25) is 4.79 Å². The predicted octanol–water partition coefficient (Wildman–Crippen LogP) is 1.81. The Morgan fingerprint density at radius 1 is 1.47 bits per heavy atom. The lowest BCUT2D eigenvalue weighted by Crippen LogP contribution is -2.09. The highest BCUT2D eigenvalue weighted by molar-refractivity contribution is 5.73. The standard InChI is InChI=1S/C11H11N3O/c15-7-8-5-12-11-4-10(9-2-1-3-9)13-14(11)6-8/h4-7,9H,1-3H2. The number of carbonyl (C=O) groups excluding carboxylic acids is 1. The second-order valence-corrected chi connectivity index (χ2v) is 4.00. The first-order valence-corrected chi connectivity index (χ1v) is 5.17. The van der Waals surface area contributed by atoms with Crippen LogP contribution in [-0.4, -0.2) is 20.9 Å². The highest BCUT2D eigenvalue weighted by Crippen LogP contribution is 2.35. The molecule has 0 radical (unpaired) electrons. The number of fused-ring (bicyclic) bond motifs is 1. The van der Waals surface area contributed by atoms with Crippen LogP contribution in [0.3, 0.4) is 0 Å². The Hall–Kier alpha value is -1.71. The zero-order valence-corrected chi connectivity index (χ0v) is 8.26.